The van der Waals surface area contributed by atoms with E-state index in [1.165, 1.54) is 18.6 Å². The molecule has 4 nitrogen and oxygen atoms in total. The van der Waals surface area contributed by atoms with E-state index in [-0.39, 0.29) is 17.1 Å². The third-order valence-corrected chi connectivity index (χ3v) is 5.53. The number of imidazole rings is 1. The Kier molecular flexibility index (Phi) is 5.97. The maximum Gasteiger partial charge on any atom is 0.417 e. The summed E-state index contributed by atoms with van der Waals surface area (Å²) in [7, 11) is 3.02. The Hall–Kier alpha value is -2.90. The van der Waals surface area contributed by atoms with Crippen LogP contribution in [0.4, 0.5) is 13.2 Å². The lowest BCUT2D eigenvalue weighted by atomic mass is 10.0. The molecule has 0 radical (unpaired) electrons. The van der Waals surface area contributed by atoms with E-state index < -0.39 is 11.7 Å². The Morgan fingerprint density at radius 3 is 2.38 bits per heavy atom. The molecule has 0 bridgehead atoms. The van der Waals surface area contributed by atoms with Gasteiger partial charge in [-0.15, -0.1) is 0 Å². The number of halogens is 5. The Balaban J connectivity index is 1.98. The first kappa shape index (κ1) is 22.3. The minimum Gasteiger partial charge on any atom is -0.493 e. The second-order valence-electron chi connectivity index (χ2n) is 7.05. The van der Waals surface area contributed by atoms with Crippen LogP contribution in [0.3, 0.4) is 0 Å². The van der Waals surface area contributed by atoms with Crippen LogP contribution in [-0.4, -0.2) is 23.6 Å². The largest absolute Gasteiger partial charge is 0.493 e. The van der Waals surface area contributed by atoms with Crippen molar-refractivity contribution in [2.24, 2.45) is 0 Å². The molecule has 0 aliphatic heterocycles. The summed E-state index contributed by atoms with van der Waals surface area (Å²) in [4.78, 5) is 4.59. The molecule has 0 saturated carbocycles. The van der Waals surface area contributed by atoms with Gasteiger partial charge >= 0.3 is 6.18 Å². The molecule has 0 spiro atoms. The number of methoxy groups -OCH3 is 2. The number of benzene rings is 2. The molecule has 0 unspecified atom stereocenters. The number of nitrogens with zero attached hydrogens (tertiary/aromatic N) is 2. The molecule has 166 valence electrons. The number of ether oxygens (including phenoxy) is 2. The maximum atomic E-state index is 13.5. The fraction of sp³-hybridized carbons (Fsp3) is 0.174. The van der Waals surface area contributed by atoms with E-state index in [2.05, 4.69) is 4.98 Å². The third-order valence-electron chi connectivity index (χ3n) is 5.02. The quantitative estimate of drug-likeness (QED) is 0.310. The molecular formula is C23H17Cl2F3N2O2. The molecule has 0 fully saturated rings. The highest BCUT2D eigenvalue weighted by Crippen LogP contribution is 2.38. The highest BCUT2D eigenvalue weighted by atomic mass is 35.5. The molecule has 4 rings (SSSR count). The van der Waals surface area contributed by atoms with Gasteiger partial charge in [-0.3, -0.25) is 0 Å². The van der Waals surface area contributed by atoms with Gasteiger partial charge in [0.05, 0.1) is 36.2 Å². The van der Waals surface area contributed by atoms with Crippen LogP contribution in [0.2, 0.25) is 10.0 Å². The molecule has 0 amide bonds. The average Bonchev–Trinajstić information content (AvgIpc) is 3.11. The van der Waals surface area contributed by atoms with Crippen molar-refractivity contribution in [3.63, 3.8) is 0 Å². The molecule has 32 heavy (non-hydrogen) atoms. The van der Waals surface area contributed by atoms with E-state index in [1.54, 1.807) is 36.4 Å². The van der Waals surface area contributed by atoms with Gasteiger partial charge in [0.1, 0.15) is 0 Å². The molecule has 2 heterocycles. The van der Waals surface area contributed by atoms with Crippen LogP contribution in [0.25, 0.3) is 16.9 Å². The van der Waals surface area contributed by atoms with Crippen molar-refractivity contribution in [2.75, 3.05) is 14.2 Å². The van der Waals surface area contributed by atoms with Crippen molar-refractivity contribution in [3.05, 3.63) is 81.6 Å². The summed E-state index contributed by atoms with van der Waals surface area (Å²) < 4.78 is 52.5. The molecule has 4 aromatic rings. The second-order valence-corrected chi connectivity index (χ2v) is 7.90. The molecule has 0 aliphatic rings. The number of alkyl halides is 3. The number of rotatable bonds is 5. The lowest BCUT2D eigenvalue weighted by Gasteiger charge is -2.12. The maximum absolute atomic E-state index is 13.5. The Morgan fingerprint density at radius 2 is 1.72 bits per heavy atom. The van der Waals surface area contributed by atoms with Gasteiger partial charge in [0.25, 0.3) is 0 Å². The summed E-state index contributed by atoms with van der Waals surface area (Å²) in [6.45, 7) is 0. The molecule has 9 heteroatoms. The third kappa shape index (κ3) is 4.23. The van der Waals surface area contributed by atoms with Gasteiger partial charge in [0.2, 0.25) is 0 Å². The summed E-state index contributed by atoms with van der Waals surface area (Å²) in [5, 5.41) is 0.428. The number of aromatic nitrogens is 2. The van der Waals surface area contributed by atoms with Crippen molar-refractivity contribution < 1.29 is 22.6 Å². The number of pyridine rings is 1. The molecule has 0 atom stereocenters. The van der Waals surface area contributed by atoms with Crippen molar-refractivity contribution in [1.29, 1.82) is 0 Å². The summed E-state index contributed by atoms with van der Waals surface area (Å²) in [6.07, 6.45) is -3.26. The van der Waals surface area contributed by atoms with Crippen LogP contribution >= 0.6 is 23.2 Å². The van der Waals surface area contributed by atoms with Gasteiger partial charge in [0, 0.05) is 23.2 Å². The van der Waals surface area contributed by atoms with Crippen LogP contribution in [0.5, 0.6) is 11.5 Å². The lowest BCUT2D eigenvalue weighted by molar-refractivity contribution is -0.137. The lowest BCUT2D eigenvalue weighted by Crippen LogP contribution is -2.08. The van der Waals surface area contributed by atoms with E-state index >= 15 is 0 Å². The molecule has 2 aromatic heterocycles. The zero-order valence-corrected chi connectivity index (χ0v) is 18.5. The van der Waals surface area contributed by atoms with Crippen LogP contribution in [0.15, 0.2) is 54.7 Å². The van der Waals surface area contributed by atoms with Gasteiger partial charge in [-0.05, 0) is 42.0 Å². The topological polar surface area (TPSA) is 35.8 Å². The molecular weight excluding hydrogens is 464 g/mol. The second kappa shape index (κ2) is 8.56. The van der Waals surface area contributed by atoms with Crippen molar-refractivity contribution in [2.45, 2.75) is 12.6 Å². The van der Waals surface area contributed by atoms with E-state index in [0.717, 1.165) is 17.8 Å². The first-order valence-electron chi connectivity index (χ1n) is 9.45. The summed E-state index contributed by atoms with van der Waals surface area (Å²) in [5.41, 5.74) is 1.83. The molecule has 0 aliphatic carbocycles. The Bertz CT molecular complexity index is 1300. The summed E-state index contributed by atoms with van der Waals surface area (Å²) in [6, 6.07) is 13.2. The van der Waals surface area contributed by atoms with Crippen LogP contribution < -0.4 is 9.47 Å². The first-order valence-corrected chi connectivity index (χ1v) is 10.2. The SMILES string of the molecule is COc1ccc(-c2nc3c(Cl)cc(C(F)(F)F)cn3c2Cc2cccc(Cl)c2)cc1OC. The average molecular weight is 481 g/mol. The highest BCUT2D eigenvalue weighted by molar-refractivity contribution is 6.33. The highest BCUT2D eigenvalue weighted by Gasteiger charge is 2.32. The van der Waals surface area contributed by atoms with Gasteiger partial charge in [-0.25, -0.2) is 4.98 Å². The van der Waals surface area contributed by atoms with E-state index in [1.807, 2.05) is 6.07 Å². The Labute approximate surface area is 192 Å². The van der Waals surface area contributed by atoms with E-state index in [0.29, 0.717) is 33.5 Å². The monoisotopic (exact) mass is 480 g/mol. The van der Waals surface area contributed by atoms with E-state index in [9.17, 15) is 13.2 Å². The van der Waals surface area contributed by atoms with Crippen LogP contribution in [0, 0.1) is 0 Å². The van der Waals surface area contributed by atoms with Gasteiger partial charge < -0.3 is 13.9 Å². The number of hydrogen-bond donors (Lipinski definition) is 0. The fourth-order valence-corrected chi connectivity index (χ4v) is 3.99. The molecule has 0 N–H and O–H groups in total. The summed E-state index contributed by atoms with van der Waals surface area (Å²) >= 11 is 12.3. The molecule has 0 saturated heterocycles. The minimum atomic E-state index is -4.56. The minimum absolute atomic E-state index is 0.0982. The zero-order chi connectivity index (χ0) is 23.0. The fourth-order valence-electron chi connectivity index (χ4n) is 3.53. The van der Waals surface area contributed by atoms with Crippen molar-refractivity contribution in [1.82, 2.24) is 9.38 Å². The van der Waals surface area contributed by atoms with Gasteiger partial charge in [-0.1, -0.05) is 35.3 Å². The predicted octanol–water partition coefficient (Wildman–Crippen LogP) is 6.93. The van der Waals surface area contributed by atoms with Crippen LogP contribution in [-0.2, 0) is 12.6 Å². The normalized spacial score (nSPS) is 11.7. The number of hydrogen-bond acceptors (Lipinski definition) is 3. The van der Waals surface area contributed by atoms with Crippen LogP contribution in [0.1, 0.15) is 16.8 Å². The zero-order valence-electron chi connectivity index (χ0n) is 17.0. The molecule has 2 aromatic carbocycles. The van der Waals surface area contributed by atoms with Gasteiger partial charge in [-0.2, -0.15) is 13.2 Å². The first-order chi connectivity index (χ1) is 15.2. The van der Waals surface area contributed by atoms with E-state index in [4.69, 9.17) is 32.7 Å². The van der Waals surface area contributed by atoms with Crippen molar-refractivity contribution in [3.8, 4) is 22.8 Å². The standard InChI is InChI=1S/C23H17Cl2F3N2O2/c1-31-19-7-6-14(10-20(19)32-2)21-18(9-13-4-3-5-16(24)8-13)30-12-15(23(26,27)28)11-17(25)22(30)29-21/h3-8,10-12H,9H2,1-2H3. The summed E-state index contributed by atoms with van der Waals surface area (Å²) in [5.74, 6) is 0.992. The van der Waals surface area contributed by atoms with Gasteiger partial charge in [0.15, 0.2) is 17.1 Å². The Morgan fingerprint density at radius 1 is 0.969 bits per heavy atom. The predicted molar refractivity (Wildman–Crippen MR) is 118 cm³/mol. The smallest absolute Gasteiger partial charge is 0.417 e. The number of fused-ring (bicyclic) bond motifs is 1. The van der Waals surface area contributed by atoms with Crippen molar-refractivity contribution >= 4 is 28.8 Å².